The van der Waals surface area contributed by atoms with Gasteiger partial charge in [0.15, 0.2) is 0 Å². The summed E-state index contributed by atoms with van der Waals surface area (Å²) in [6.45, 7) is 3.98. The van der Waals surface area contributed by atoms with Gasteiger partial charge < -0.3 is 9.84 Å². The van der Waals surface area contributed by atoms with Crippen molar-refractivity contribution < 1.29 is 14.6 Å². The SMILES string of the molecule is CCCCCCCCCCCC(O)CCOC(C)=O. The monoisotopic (exact) mass is 272 g/mol. The Labute approximate surface area is 118 Å². The molecule has 3 heteroatoms. The molecule has 1 atom stereocenters. The summed E-state index contributed by atoms with van der Waals surface area (Å²) in [5.41, 5.74) is 0. The molecule has 3 nitrogen and oxygen atoms in total. The Hall–Kier alpha value is -0.570. The molecule has 0 aliphatic carbocycles. The molecule has 0 bridgehead atoms. The Morgan fingerprint density at radius 3 is 2.00 bits per heavy atom. The minimum atomic E-state index is -0.316. The molecule has 0 aliphatic rings. The highest BCUT2D eigenvalue weighted by Gasteiger charge is 2.04. The van der Waals surface area contributed by atoms with Gasteiger partial charge in [0, 0.05) is 13.3 Å². The quantitative estimate of drug-likeness (QED) is 0.403. The van der Waals surface area contributed by atoms with E-state index >= 15 is 0 Å². The lowest BCUT2D eigenvalue weighted by atomic mass is 10.0. The van der Waals surface area contributed by atoms with E-state index < -0.39 is 0 Å². The largest absolute Gasteiger partial charge is 0.466 e. The van der Waals surface area contributed by atoms with Crippen LogP contribution in [0.3, 0.4) is 0 Å². The second-order valence-corrected chi connectivity index (χ2v) is 5.40. The molecule has 0 rings (SSSR count). The first kappa shape index (κ1) is 18.4. The number of aliphatic hydroxyl groups excluding tert-OH is 1. The Morgan fingerprint density at radius 1 is 0.947 bits per heavy atom. The fraction of sp³-hybridized carbons (Fsp3) is 0.938. The number of hydrogen-bond donors (Lipinski definition) is 1. The van der Waals surface area contributed by atoms with Crippen molar-refractivity contribution in [1.82, 2.24) is 0 Å². The molecule has 0 aromatic heterocycles. The fourth-order valence-electron chi connectivity index (χ4n) is 2.17. The van der Waals surface area contributed by atoms with Crippen molar-refractivity contribution in [3.63, 3.8) is 0 Å². The van der Waals surface area contributed by atoms with Gasteiger partial charge in [-0.15, -0.1) is 0 Å². The molecule has 19 heavy (non-hydrogen) atoms. The lowest BCUT2D eigenvalue weighted by Crippen LogP contribution is -2.12. The number of ether oxygens (including phenoxy) is 1. The standard InChI is InChI=1S/C16H32O3/c1-3-4-5-6-7-8-9-10-11-12-16(18)13-14-19-15(2)17/h16,18H,3-14H2,1-2H3. The van der Waals surface area contributed by atoms with E-state index in [1.165, 1.54) is 58.3 Å². The molecule has 114 valence electrons. The van der Waals surface area contributed by atoms with Gasteiger partial charge in [-0.2, -0.15) is 0 Å². The van der Waals surface area contributed by atoms with Crippen LogP contribution in [0, 0.1) is 0 Å². The minimum absolute atomic E-state index is 0.268. The van der Waals surface area contributed by atoms with Crippen LogP contribution in [0.1, 0.15) is 84.5 Å². The Kier molecular flexibility index (Phi) is 13.4. The zero-order chi connectivity index (χ0) is 14.3. The third kappa shape index (κ3) is 15.4. The minimum Gasteiger partial charge on any atom is -0.466 e. The summed E-state index contributed by atoms with van der Waals surface area (Å²) in [5, 5.41) is 9.67. The van der Waals surface area contributed by atoms with Crippen LogP contribution in [0.25, 0.3) is 0 Å². The normalized spacial score (nSPS) is 12.4. The summed E-state index contributed by atoms with van der Waals surface area (Å²) in [7, 11) is 0. The number of hydrogen-bond acceptors (Lipinski definition) is 3. The number of unbranched alkanes of at least 4 members (excludes halogenated alkanes) is 8. The highest BCUT2D eigenvalue weighted by molar-refractivity contribution is 5.65. The summed E-state index contributed by atoms with van der Waals surface area (Å²) < 4.78 is 4.81. The average Bonchev–Trinajstić information content (AvgIpc) is 2.36. The molecular formula is C16H32O3. The smallest absolute Gasteiger partial charge is 0.302 e. The number of esters is 1. The summed E-state index contributed by atoms with van der Waals surface area (Å²) in [4.78, 5) is 10.5. The second-order valence-electron chi connectivity index (χ2n) is 5.40. The Bertz CT molecular complexity index is 204. The lowest BCUT2D eigenvalue weighted by Gasteiger charge is -2.10. The van der Waals surface area contributed by atoms with Crippen molar-refractivity contribution >= 4 is 5.97 Å². The van der Waals surface area contributed by atoms with Gasteiger partial charge in [-0.3, -0.25) is 4.79 Å². The Morgan fingerprint density at radius 2 is 1.47 bits per heavy atom. The third-order valence-corrected chi connectivity index (χ3v) is 3.40. The molecule has 0 amide bonds. The number of carbonyl (C=O) groups excluding carboxylic acids is 1. The molecule has 0 aliphatic heterocycles. The van der Waals surface area contributed by atoms with Crippen LogP contribution in [0.5, 0.6) is 0 Å². The van der Waals surface area contributed by atoms with Gasteiger partial charge in [0.05, 0.1) is 12.7 Å². The van der Waals surface area contributed by atoms with Crippen molar-refractivity contribution in [3.8, 4) is 0 Å². The summed E-state index contributed by atoms with van der Waals surface area (Å²) in [6, 6.07) is 0. The van der Waals surface area contributed by atoms with E-state index in [9.17, 15) is 9.90 Å². The topological polar surface area (TPSA) is 46.5 Å². The van der Waals surface area contributed by atoms with Crippen LogP contribution >= 0.6 is 0 Å². The van der Waals surface area contributed by atoms with Gasteiger partial charge in [-0.25, -0.2) is 0 Å². The molecule has 0 radical (unpaired) electrons. The first-order chi connectivity index (χ1) is 9.16. The van der Waals surface area contributed by atoms with Gasteiger partial charge >= 0.3 is 5.97 Å². The van der Waals surface area contributed by atoms with E-state index in [1.807, 2.05) is 0 Å². The molecule has 0 heterocycles. The maximum atomic E-state index is 10.5. The predicted octanol–water partition coefficient (Wildman–Crippen LogP) is 4.22. The van der Waals surface area contributed by atoms with E-state index in [1.54, 1.807) is 0 Å². The molecule has 1 unspecified atom stereocenters. The Balaban J connectivity index is 3.14. The van der Waals surface area contributed by atoms with Crippen molar-refractivity contribution in [2.24, 2.45) is 0 Å². The zero-order valence-corrected chi connectivity index (χ0v) is 12.8. The highest BCUT2D eigenvalue weighted by atomic mass is 16.5. The van der Waals surface area contributed by atoms with Crippen LogP contribution < -0.4 is 0 Å². The van der Waals surface area contributed by atoms with Crippen molar-refractivity contribution in [2.75, 3.05) is 6.61 Å². The maximum Gasteiger partial charge on any atom is 0.302 e. The lowest BCUT2D eigenvalue weighted by molar-refractivity contribution is -0.141. The first-order valence-corrected chi connectivity index (χ1v) is 7.98. The van der Waals surface area contributed by atoms with Crippen molar-refractivity contribution in [3.05, 3.63) is 0 Å². The third-order valence-electron chi connectivity index (χ3n) is 3.40. The van der Waals surface area contributed by atoms with E-state index in [0.717, 1.165) is 12.8 Å². The number of aliphatic hydroxyl groups is 1. The van der Waals surface area contributed by atoms with E-state index in [-0.39, 0.29) is 12.1 Å². The molecule has 0 fully saturated rings. The molecule has 1 N–H and O–H groups in total. The van der Waals surface area contributed by atoms with Crippen LogP contribution in [-0.2, 0) is 9.53 Å². The number of rotatable bonds is 13. The van der Waals surface area contributed by atoms with Crippen molar-refractivity contribution in [1.29, 1.82) is 0 Å². The molecule has 0 spiro atoms. The molecule has 0 aromatic rings. The highest BCUT2D eigenvalue weighted by Crippen LogP contribution is 2.12. The van der Waals surface area contributed by atoms with E-state index in [4.69, 9.17) is 4.74 Å². The average molecular weight is 272 g/mol. The van der Waals surface area contributed by atoms with Crippen LogP contribution in [-0.4, -0.2) is 23.8 Å². The molecule has 0 saturated heterocycles. The predicted molar refractivity (Wildman–Crippen MR) is 79.1 cm³/mol. The molecular weight excluding hydrogens is 240 g/mol. The summed E-state index contributed by atoms with van der Waals surface area (Å²) >= 11 is 0. The summed E-state index contributed by atoms with van der Waals surface area (Å²) in [5.74, 6) is -0.268. The van der Waals surface area contributed by atoms with Crippen LogP contribution in [0.15, 0.2) is 0 Å². The van der Waals surface area contributed by atoms with Crippen LogP contribution in [0.2, 0.25) is 0 Å². The second kappa shape index (κ2) is 13.9. The maximum absolute atomic E-state index is 10.5. The zero-order valence-electron chi connectivity index (χ0n) is 12.8. The van der Waals surface area contributed by atoms with Gasteiger partial charge in [-0.1, -0.05) is 64.7 Å². The van der Waals surface area contributed by atoms with Gasteiger partial charge in [0.1, 0.15) is 0 Å². The van der Waals surface area contributed by atoms with Gasteiger partial charge in [-0.05, 0) is 6.42 Å². The van der Waals surface area contributed by atoms with Gasteiger partial charge in [0.2, 0.25) is 0 Å². The van der Waals surface area contributed by atoms with Crippen LogP contribution in [0.4, 0.5) is 0 Å². The van der Waals surface area contributed by atoms with E-state index in [2.05, 4.69) is 6.92 Å². The first-order valence-electron chi connectivity index (χ1n) is 7.98. The van der Waals surface area contributed by atoms with Gasteiger partial charge in [0.25, 0.3) is 0 Å². The number of carbonyl (C=O) groups is 1. The fourth-order valence-corrected chi connectivity index (χ4v) is 2.17. The van der Waals surface area contributed by atoms with Crippen molar-refractivity contribution in [2.45, 2.75) is 90.6 Å². The summed E-state index contributed by atoms with van der Waals surface area (Å²) in [6.07, 6.45) is 12.8. The van der Waals surface area contributed by atoms with E-state index in [0.29, 0.717) is 13.0 Å². The molecule has 0 saturated carbocycles. The molecule has 0 aromatic carbocycles.